The van der Waals surface area contributed by atoms with E-state index < -0.39 is 0 Å². The molecule has 1 aromatic carbocycles. The lowest BCUT2D eigenvalue weighted by atomic mass is 9.86. The molecule has 2 rings (SSSR count). The van der Waals surface area contributed by atoms with E-state index in [1.807, 2.05) is 6.07 Å². The first-order valence-electron chi connectivity index (χ1n) is 6.34. The minimum absolute atomic E-state index is 0.180. The Balaban J connectivity index is 1.90. The van der Waals surface area contributed by atoms with Crippen LogP contribution in [0.5, 0.6) is 0 Å². The molecule has 1 aliphatic carbocycles. The topological polar surface area (TPSA) is 12.0 Å². The summed E-state index contributed by atoms with van der Waals surface area (Å²) in [5.41, 5.74) is 1.02. The van der Waals surface area contributed by atoms with Crippen molar-refractivity contribution in [3.05, 3.63) is 34.1 Å². The molecule has 0 saturated heterocycles. The Labute approximate surface area is 111 Å². The van der Waals surface area contributed by atoms with E-state index in [4.69, 9.17) is 0 Å². The standard InChI is InChI=1S/C14H19BrFN/c1-10-4-2-3-5-14(10)17-9-11-6-7-12(15)13(16)8-11/h6-8,10,14,17H,2-5,9H2,1H3. The van der Waals surface area contributed by atoms with Crippen LogP contribution in [-0.4, -0.2) is 6.04 Å². The summed E-state index contributed by atoms with van der Waals surface area (Å²) >= 11 is 3.17. The van der Waals surface area contributed by atoms with Gasteiger partial charge in [0, 0.05) is 12.6 Å². The van der Waals surface area contributed by atoms with Crippen LogP contribution >= 0.6 is 15.9 Å². The van der Waals surface area contributed by atoms with Gasteiger partial charge in [0.05, 0.1) is 4.47 Å². The van der Waals surface area contributed by atoms with Crippen LogP contribution < -0.4 is 5.32 Å². The monoisotopic (exact) mass is 299 g/mol. The number of hydrogen-bond donors (Lipinski definition) is 1. The summed E-state index contributed by atoms with van der Waals surface area (Å²) in [4.78, 5) is 0. The summed E-state index contributed by atoms with van der Waals surface area (Å²) < 4.78 is 13.9. The summed E-state index contributed by atoms with van der Waals surface area (Å²) in [6, 6.07) is 5.94. The fourth-order valence-corrected chi connectivity index (χ4v) is 2.76. The predicted molar refractivity (Wildman–Crippen MR) is 72.4 cm³/mol. The molecule has 0 aromatic heterocycles. The molecule has 17 heavy (non-hydrogen) atoms. The van der Waals surface area contributed by atoms with Gasteiger partial charge in [-0.15, -0.1) is 0 Å². The van der Waals surface area contributed by atoms with E-state index in [1.54, 1.807) is 12.1 Å². The Morgan fingerprint density at radius 1 is 1.35 bits per heavy atom. The number of hydrogen-bond acceptors (Lipinski definition) is 1. The molecule has 1 N–H and O–H groups in total. The smallest absolute Gasteiger partial charge is 0.137 e. The van der Waals surface area contributed by atoms with Gasteiger partial charge in [-0.05, 0) is 52.4 Å². The van der Waals surface area contributed by atoms with Gasteiger partial charge < -0.3 is 5.32 Å². The maximum absolute atomic E-state index is 13.3. The molecular formula is C14H19BrFN. The fraction of sp³-hybridized carbons (Fsp3) is 0.571. The summed E-state index contributed by atoms with van der Waals surface area (Å²) in [6.45, 7) is 3.07. The van der Waals surface area contributed by atoms with E-state index in [-0.39, 0.29) is 5.82 Å². The van der Waals surface area contributed by atoms with E-state index >= 15 is 0 Å². The van der Waals surface area contributed by atoms with Crippen molar-refractivity contribution in [3.8, 4) is 0 Å². The first-order chi connectivity index (χ1) is 8.16. The third kappa shape index (κ3) is 3.52. The zero-order valence-electron chi connectivity index (χ0n) is 10.2. The van der Waals surface area contributed by atoms with Crippen molar-refractivity contribution in [2.24, 2.45) is 5.92 Å². The minimum atomic E-state index is -0.180. The first kappa shape index (κ1) is 13.0. The highest BCUT2D eigenvalue weighted by Gasteiger charge is 2.20. The quantitative estimate of drug-likeness (QED) is 0.879. The van der Waals surface area contributed by atoms with Crippen molar-refractivity contribution in [1.82, 2.24) is 5.32 Å². The van der Waals surface area contributed by atoms with E-state index in [9.17, 15) is 4.39 Å². The second kappa shape index (κ2) is 5.96. The van der Waals surface area contributed by atoms with Gasteiger partial charge >= 0.3 is 0 Å². The first-order valence-corrected chi connectivity index (χ1v) is 7.13. The number of rotatable bonds is 3. The molecule has 2 atom stereocenters. The lowest BCUT2D eigenvalue weighted by Crippen LogP contribution is -2.36. The third-order valence-electron chi connectivity index (χ3n) is 3.66. The molecule has 1 saturated carbocycles. The molecule has 1 aliphatic rings. The zero-order valence-corrected chi connectivity index (χ0v) is 11.8. The molecule has 3 heteroatoms. The zero-order chi connectivity index (χ0) is 12.3. The highest BCUT2D eigenvalue weighted by molar-refractivity contribution is 9.10. The Kier molecular flexibility index (Phi) is 4.57. The van der Waals surface area contributed by atoms with E-state index in [2.05, 4.69) is 28.2 Å². The number of benzene rings is 1. The Morgan fingerprint density at radius 3 is 2.82 bits per heavy atom. The SMILES string of the molecule is CC1CCCCC1NCc1ccc(Br)c(F)c1. The molecule has 0 spiro atoms. The predicted octanol–water partition coefficient (Wildman–Crippen LogP) is 4.26. The average Bonchev–Trinajstić information content (AvgIpc) is 2.32. The van der Waals surface area contributed by atoms with Gasteiger partial charge in [-0.3, -0.25) is 0 Å². The van der Waals surface area contributed by atoms with Crippen molar-refractivity contribution in [2.75, 3.05) is 0 Å². The fourth-order valence-electron chi connectivity index (χ4n) is 2.52. The molecule has 1 nitrogen and oxygen atoms in total. The van der Waals surface area contributed by atoms with Crippen molar-refractivity contribution in [2.45, 2.75) is 45.2 Å². The Hall–Kier alpha value is -0.410. The number of nitrogens with one attached hydrogen (secondary N) is 1. The van der Waals surface area contributed by atoms with Crippen LogP contribution in [0.25, 0.3) is 0 Å². The van der Waals surface area contributed by atoms with Gasteiger partial charge in [0.1, 0.15) is 5.82 Å². The molecule has 0 heterocycles. The second-order valence-corrected chi connectivity index (χ2v) is 5.85. The maximum atomic E-state index is 13.3. The average molecular weight is 300 g/mol. The third-order valence-corrected chi connectivity index (χ3v) is 4.31. The van der Waals surface area contributed by atoms with Crippen LogP contribution in [0.1, 0.15) is 38.2 Å². The van der Waals surface area contributed by atoms with Crippen LogP contribution in [0, 0.1) is 11.7 Å². The lowest BCUT2D eigenvalue weighted by Gasteiger charge is -2.29. The summed E-state index contributed by atoms with van der Waals surface area (Å²) in [5.74, 6) is 0.560. The lowest BCUT2D eigenvalue weighted by molar-refractivity contribution is 0.279. The normalized spacial score (nSPS) is 24.9. The molecular weight excluding hydrogens is 281 g/mol. The molecule has 1 aromatic rings. The highest BCUT2D eigenvalue weighted by atomic mass is 79.9. The van der Waals surface area contributed by atoms with Crippen LogP contribution in [0.15, 0.2) is 22.7 Å². The Bertz CT molecular complexity index is 380. The van der Waals surface area contributed by atoms with Crippen LogP contribution in [-0.2, 0) is 6.54 Å². The van der Waals surface area contributed by atoms with Crippen molar-refractivity contribution >= 4 is 15.9 Å². The van der Waals surface area contributed by atoms with E-state index in [0.717, 1.165) is 18.0 Å². The highest BCUT2D eigenvalue weighted by Crippen LogP contribution is 2.24. The molecule has 0 amide bonds. The minimum Gasteiger partial charge on any atom is -0.310 e. The van der Waals surface area contributed by atoms with Gasteiger partial charge in [0.2, 0.25) is 0 Å². The van der Waals surface area contributed by atoms with Gasteiger partial charge in [-0.1, -0.05) is 25.8 Å². The maximum Gasteiger partial charge on any atom is 0.137 e. The summed E-state index contributed by atoms with van der Waals surface area (Å²) in [7, 11) is 0. The largest absolute Gasteiger partial charge is 0.310 e. The van der Waals surface area contributed by atoms with Crippen molar-refractivity contribution in [3.63, 3.8) is 0 Å². The van der Waals surface area contributed by atoms with Gasteiger partial charge in [0.25, 0.3) is 0 Å². The molecule has 0 aliphatic heterocycles. The molecule has 0 bridgehead atoms. The molecule has 2 unspecified atom stereocenters. The van der Waals surface area contributed by atoms with Crippen LogP contribution in [0.4, 0.5) is 4.39 Å². The van der Waals surface area contributed by atoms with Gasteiger partial charge in [0.15, 0.2) is 0 Å². The van der Waals surface area contributed by atoms with Crippen LogP contribution in [0.3, 0.4) is 0 Å². The summed E-state index contributed by atoms with van der Waals surface area (Å²) in [6.07, 6.45) is 5.23. The van der Waals surface area contributed by atoms with Crippen molar-refractivity contribution in [1.29, 1.82) is 0 Å². The molecule has 0 radical (unpaired) electrons. The molecule has 94 valence electrons. The van der Waals surface area contributed by atoms with E-state index in [0.29, 0.717) is 10.5 Å². The van der Waals surface area contributed by atoms with Crippen LogP contribution in [0.2, 0.25) is 0 Å². The summed E-state index contributed by atoms with van der Waals surface area (Å²) in [5, 5.41) is 3.55. The van der Waals surface area contributed by atoms with Gasteiger partial charge in [-0.2, -0.15) is 0 Å². The van der Waals surface area contributed by atoms with Gasteiger partial charge in [-0.25, -0.2) is 4.39 Å². The number of halogens is 2. The second-order valence-electron chi connectivity index (χ2n) is 5.00. The van der Waals surface area contributed by atoms with E-state index in [1.165, 1.54) is 25.7 Å². The Morgan fingerprint density at radius 2 is 2.12 bits per heavy atom. The van der Waals surface area contributed by atoms with Crippen molar-refractivity contribution < 1.29 is 4.39 Å². The molecule has 1 fully saturated rings.